The number of nitrogen functional groups attached to an aromatic ring is 1. The molecule has 0 saturated heterocycles. The van der Waals surface area contributed by atoms with Crippen LogP contribution in [0.5, 0.6) is 11.5 Å². The van der Waals surface area contributed by atoms with Crippen molar-refractivity contribution in [3.8, 4) is 17.2 Å². The Morgan fingerprint density at radius 3 is 2.62 bits per heavy atom. The van der Waals surface area contributed by atoms with Gasteiger partial charge in [0.15, 0.2) is 17.4 Å². The number of carbonyl (C=O) groups excluding carboxylic acids is 1. The molecule has 1 unspecified atom stereocenters. The third-order valence-corrected chi connectivity index (χ3v) is 8.57. The first-order valence-electron chi connectivity index (χ1n) is 13.3. The predicted molar refractivity (Wildman–Crippen MR) is 164 cm³/mol. The quantitative estimate of drug-likeness (QED) is 0.114. The van der Waals surface area contributed by atoms with Gasteiger partial charge in [-0.15, -0.1) is 10.7 Å². The number of rotatable bonds is 10. The summed E-state index contributed by atoms with van der Waals surface area (Å²) in [5.74, 6) is -0.935. The molecule has 0 saturated carbocycles. The minimum absolute atomic E-state index is 0.0302. The summed E-state index contributed by atoms with van der Waals surface area (Å²) in [5.41, 5.74) is 9.83. The molecule has 218 valence electrons. The SMILES string of the molecule is C/C=S(\CCCF)Nc1cc2[nH]c(C(=O)c3cnn(-c4c(C)cc(Oc5ccccc5F)cc4F)c3N)cc2cc1C. The summed E-state index contributed by atoms with van der Waals surface area (Å²) in [6, 6.07) is 14.1. The van der Waals surface area contributed by atoms with Gasteiger partial charge in [0.05, 0.1) is 24.1 Å². The predicted octanol–water partition coefficient (Wildman–Crippen LogP) is 7.63. The van der Waals surface area contributed by atoms with Crippen molar-refractivity contribution in [2.24, 2.45) is 0 Å². The Balaban J connectivity index is 1.42. The molecular weight excluding hydrogens is 563 g/mol. The van der Waals surface area contributed by atoms with E-state index in [2.05, 4.69) is 14.8 Å². The number of hydrogen-bond acceptors (Lipinski definition) is 5. The first-order chi connectivity index (χ1) is 20.2. The molecule has 0 bridgehead atoms. The van der Waals surface area contributed by atoms with Crippen molar-refractivity contribution >= 4 is 44.2 Å². The zero-order valence-corrected chi connectivity index (χ0v) is 24.1. The fourth-order valence-electron chi connectivity index (χ4n) is 4.65. The Morgan fingerprint density at radius 2 is 1.90 bits per heavy atom. The maximum Gasteiger partial charge on any atom is 0.214 e. The van der Waals surface area contributed by atoms with E-state index in [1.807, 2.05) is 31.3 Å². The number of benzene rings is 3. The van der Waals surface area contributed by atoms with E-state index in [1.54, 1.807) is 19.1 Å². The van der Waals surface area contributed by atoms with Gasteiger partial charge in [0.25, 0.3) is 0 Å². The number of nitrogens with zero attached hydrogens (tertiary/aromatic N) is 2. The van der Waals surface area contributed by atoms with Crippen LogP contribution in [-0.4, -0.2) is 38.3 Å². The summed E-state index contributed by atoms with van der Waals surface area (Å²) >= 11 is 0. The molecule has 3 aromatic carbocycles. The van der Waals surface area contributed by atoms with Crippen LogP contribution in [-0.2, 0) is 0 Å². The largest absolute Gasteiger partial charge is 0.454 e. The number of aromatic amines is 1. The van der Waals surface area contributed by atoms with Crippen LogP contribution in [0.2, 0.25) is 0 Å². The van der Waals surface area contributed by atoms with Crippen LogP contribution in [0.4, 0.5) is 24.7 Å². The highest BCUT2D eigenvalue weighted by atomic mass is 32.2. The van der Waals surface area contributed by atoms with Crippen molar-refractivity contribution < 1.29 is 22.7 Å². The number of ketones is 1. The van der Waals surface area contributed by atoms with Crippen LogP contribution < -0.4 is 15.2 Å². The monoisotopic (exact) mass is 593 g/mol. The fourth-order valence-corrected chi connectivity index (χ4v) is 6.03. The van der Waals surface area contributed by atoms with Crippen molar-refractivity contribution in [2.45, 2.75) is 27.2 Å². The molecule has 0 aliphatic rings. The molecule has 2 aromatic heterocycles. The smallest absolute Gasteiger partial charge is 0.214 e. The zero-order valence-electron chi connectivity index (χ0n) is 23.3. The van der Waals surface area contributed by atoms with Crippen LogP contribution in [0.25, 0.3) is 16.6 Å². The number of para-hydroxylation sites is 1. The molecular formula is C31H30F3N5O2S. The second-order valence-electron chi connectivity index (χ2n) is 9.74. The molecule has 0 spiro atoms. The average molecular weight is 594 g/mol. The Kier molecular flexibility index (Phi) is 8.39. The molecule has 0 aliphatic heterocycles. The van der Waals surface area contributed by atoms with Gasteiger partial charge >= 0.3 is 0 Å². The standard InChI is InChI=1S/C31H30F3N5O2S/c1-4-42(11-7-10-32)38-25-16-26-20(12-18(25)2)14-27(37-26)30(40)22-17-36-39(31(22)35)29-19(3)13-21(15-24(29)34)41-28-9-6-5-8-23(28)33/h4-6,8-9,12-17,37-38H,7,10-11,35H2,1-3H3. The van der Waals surface area contributed by atoms with Gasteiger partial charge in [0, 0.05) is 28.4 Å². The van der Waals surface area contributed by atoms with Crippen LogP contribution >= 0.6 is 10.7 Å². The van der Waals surface area contributed by atoms with Crippen LogP contribution in [0.15, 0.2) is 60.8 Å². The molecule has 7 nitrogen and oxygen atoms in total. The highest BCUT2D eigenvalue weighted by Crippen LogP contribution is 2.32. The fraction of sp³-hybridized carbons (Fsp3) is 0.194. The first kappa shape index (κ1) is 29.0. The number of fused-ring (bicyclic) bond motifs is 1. The summed E-state index contributed by atoms with van der Waals surface area (Å²) in [6.45, 7) is 5.19. The summed E-state index contributed by atoms with van der Waals surface area (Å²) in [5, 5.41) is 7.07. The molecule has 1 atom stereocenters. The van der Waals surface area contributed by atoms with Crippen molar-refractivity contribution in [1.82, 2.24) is 14.8 Å². The third-order valence-electron chi connectivity index (χ3n) is 6.79. The van der Waals surface area contributed by atoms with Gasteiger partial charge in [0.2, 0.25) is 5.78 Å². The van der Waals surface area contributed by atoms with Crippen molar-refractivity contribution in [1.29, 1.82) is 0 Å². The minimum Gasteiger partial charge on any atom is -0.454 e. The third kappa shape index (κ3) is 5.78. The Morgan fingerprint density at radius 1 is 1.12 bits per heavy atom. The molecule has 42 heavy (non-hydrogen) atoms. The second-order valence-corrected chi connectivity index (χ2v) is 11.7. The lowest BCUT2D eigenvalue weighted by molar-refractivity contribution is 0.103. The van der Waals surface area contributed by atoms with Gasteiger partial charge in [-0.25, -0.2) is 13.5 Å². The molecule has 5 rings (SSSR count). The number of ether oxygens (including phenoxy) is 1. The van der Waals surface area contributed by atoms with Crippen LogP contribution in [0.1, 0.15) is 40.5 Å². The summed E-state index contributed by atoms with van der Waals surface area (Å²) in [6.07, 6.45) is 1.78. The maximum absolute atomic E-state index is 15.3. The number of aryl methyl sites for hydroxylation is 2. The van der Waals surface area contributed by atoms with Crippen molar-refractivity contribution in [3.63, 3.8) is 0 Å². The number of H-pyrrole nitrogens is 1. The van der Waals surface area contributed by atoms with Crippen LogP contribution in [0.3, 0.4) is 0 Å². The number of hydrogen-bond donors (Lipinski definition) is 3. The van der Waals surface area contributed by atoms with Gasteiger partial charge in [-0.2, -0.15) is 5.10 Å². The van der Waals surface area contributed by atoms with Crippen molar-refractivity contribution in [2.75, 3.05) is 22.9 Å². The molecule has 0 aliphatic carbocycles. The number of aromatic nitrogens is 3. The van der Waals surface area contributed by atoms with E-state index >= 15 is 4.39 Å². The normalized spacial score (nSPS) is 12.1. The summed E-state index contributed by atoms with van der Waals surface area (Å²) in [7, 11) is -0.282. The number of halogens is 3. The van der Waals surface area contributed by atoms with E-state index in [9.17, 15) is 13.6 Å². The highest BCUT2D eigenvalue weighted by molar-refractivity contribution is 8.16. The lowest BCUT2D eigenvalue weighted by Gasteiger charge is -2.14. The molecule has 0 radical (unpaired) electrons. The van der Waals surface area contributed by atoms with Gasteiger partial charge in [-0.3, -0.25) is 9.18 Å². The summed E-state index contributed by atoms with van der Waals surface area (Å²) < 4.78 is 52.1. The zero-order chi connectivity index (χ0) is 30.0. The second kappa shape index (κ2) is 12.2. The molecule has 4 N–H and O–H groups in total. The molecule has 0 fully saturated rings. The van der Waals surface area contributed by atoms with Gasteiger partial charge in [0.1, 0.15) is 17.3 Å². The number of carbonyl (C=O) groups is 1. The minimum atomic E-state index is -0.703. The number of alkyl halides is 1. The van der Waals surface area contributed by atoms with E-state index in [0.717, 1.165) is 28.2 Å². The van der Waals surface area contributed by atoms with E-state index in [4.69, 9.17) is 10.5 Å². The molecule has 5 aromatic rings. The Hall–Kier alpha value is -4.51. The number of anilines is 2. The lowest BCUT2D eigenvalue weighted by Crippen LogP contribution is -2.10. The van der Waals surface area contributed by atoms with Gasteiger partial charge in [-0.05, 0) is 80.1 Å². The Labute approximate surface area is 243 Å². The first-order valence-corrected chi connectivity index (χ1v) is 14.7. The molecule has 0 amide bonds. The van der Waals surface area contributed by atoms with Crippen molar-refractivity contribution in [3.05, 3.63) is 94.8 Å². The van der Waals surface area contributed by atoms with E-state index in [1.165, 1.54) is 35.1 Å². The van der Waals surface area contributed by atoms with E-state index in [-0.39, 0.29) is 45.9 Å². The molecule has 11 heteroatoms. The average Bonchev–Trinajstić information content (AvgIpc) is 3.54. The number of nitrogens with one attached hydrogen (secondary N) is 2. The molecule has 2 heterocycles. The highest BCUT2D eigenvalue weighted by Gasteiger charge is 2.23. The van der Waals surface area contributed by atoms with Gasteiger partial charge < -0.3 is 20.2 Å². The Bertz CT molecular complexity index is 1810. The maximum atomic E-state index is 15.3. The lowest BCUT2D eigenvalue weighted by atomic mass is 10.1. The number of nitrogens with two attached hydrogens (primary N) is 1. The summed E-state index contributed by atoms with van der Waals surface area (Å²) in [4.78, 5) is 16.6. The van der Waals surface area contributed by atoms with E-state index < -0.39 is 17.4 Å². The van der Waals surface area contributed by atoms with Crippen LogP contribution in [0, 0.1) is 25.5 Å². The topological polar surface area (TPSA) is 98.0 Å². The van der Waals surface area contributed by atoms with E-state index in [0.29, 0.717) is 23.4 Å². The van der Waals surface area contributed by atoms with Gasteiger partial charge in [-0.1, -0.05) is 12.1 Å².